The van der Waals surface area contributed by atoms with Crippen LogP contribution in [0.4, 0.5) is 13.2 Å². The number of halogens is 4. The largest absolute Gasteiger partial charge is 0.461 e. The Labute approximate surface area is 587 Å². The van der Waals surface area contributed by atoms with Gasteiger partial charge < -0.3 is 68.5 Å². The number of esters is 3. The Morgan fingerprint density at radius 2 is 1.40 bits per heavy atom. The van der Waals surface area contributed by atoms with Gasteiger partial charge in [0.1, 0.15) is 30.2 Å². The van der Waals surface area contributed by atoms with E-state index in [0.29, 0.717) is 36.9 Å². The number of nitrogens with zero attached hydrogens (tertiary/aromatic N) is 1. The fraction of sp³-hybridized carbons (Fsp3) is 0.775. The second-order valence-electron chi connectivity index (χ2n) is 27.5. The van der Waals surface area contributed by atoms with Crippen molar-refractivity contribution in [2.24, 2.45) is 23.7 Å². The minimum absolute atomic E-state index is 0. The van der Waals surface area contributed by atoms with E-state index in [0.717, 1.165) is 25.0 Å². The number of rotatable bonds is 28. The first-order valence-electron chi connectivity index (χ1n) is 34.6. The van der Waals surface area contributed by atoms with Gasteiger partial charge in [0, 0.05) is 50.3 Å². The van der Waals surface area contributed by atoms with E-state index in [1.54, 1.807) is 78.8 Å². The Kier molecular flexibility index (Phi) is 39.2. The normalized spacial score (nSPS) is 31.6. The molecule has 98 heavy (non-hydrogen) atoms. The molecule has 3 heterocycles. The number of hydrogen-bond acceptors (Lipinski definition) is 21. The Balaban J connectivity index is 0.000000620. The summed E-state index contributed by atoms with van der Waals surface area (Å²) >= 11 is 0. The smallest absolute Gasteiger partial charge is 0.416 e. The third kappa shape index (κ3) is 29.0. The lowest BCUT2D eigenvalue weighted by atomic mass is 9.74. The van der Waals surface area contributed by atoms with Crippen LogP contribution in [-0.4, -0.2) is 193 Å². The fourth-order valence-corrected chi connectivity index (χ4v) is 13.2. The lowest BCUT2D eigenvalue weighted by Gasteiger charge is -2.49. The number of cyclic esters (lactones) is 1. The lowest BCUT2D eigenvalue weighted by molar-refractivity contribution is -0.319. The minimum atomic E-state index is -4.34. The van der Waals surface area contributed by atoms with Gasteiger partial charge in [-0.15, -0.1) is 12.4 Å². The van der Waals surface area contributed by atoms with Crippen molar-refractivity contribution in [1.29, 1.82) is 0 Å². The van der Waals surface area contributed by atoms with E-state index in [9.17, 15) is 61.2 Å². The van der Waals surface area contributed by atoms with Crippen molar-refractivity contribution in [2.75, 3.05) is 41.0 Å². The molecule has 6 N–H and O–H groups in total. The molecule has 0 radical (unpaired) electrons. The predicted molar refractivity (Wildman–Crippen MR) is 366 cm³/mol. The van der Waals surface area contributed by atoms with Gasteiger partial charge in [0.25, 0.3) is 0 Å². The molecule has 0 amide bonds. The van der Waals surface area contributed by atoms with Crippen LogP contribution in [0.3, 0.4) is 0 Å². The number of aliphatic hydroxyl groups is 4. The number of aliphatic hydroxyl groups excluding tert-OH is 2. The number of ether oxygens (including phenoxy) is 8. The molecule has 0 aliphatic carbocycles. The molecule has 3 aliphatic heterocycles. The number of Topliss-reactive ketones (excluding diaryl/α,β-unsaturated/α-hetero) is 1. The molecular weight excluding hydrogens is 1330 g/mol. The van der Waals surface area contributed by atoms with Crippen molar-refractivity contribution in [3.8, 4) is 0 Å². The average Bonchev–Trinajstić information content (AvgIpc) is 0.778. The molecule has 0 bridgehead atoms. The molecule has 0 aromatic heterocycles. The van der Waals surface area contributed by atoms with Crippen molar-refractivity contribution < 1.29 is 108 Å². The molecule has 3 aliphatic rings. The summed E-state index contributed by atoms with van der Waals surface area (Å²) in [5, 5.41) is 49.7. The molecular formula is C71H118ClF3N2O20S. The predicted octanol–water partition coefficient (Wildman–Crippen LogP) is 11.0. The minimum Gasteiger partial charge on any atom is -0.461 e. The zero-order valence-electron chi connectivity index (χ0n) is 60.6. The van der Waals surface area contributed by atoms with Gasteiger partial charge in [0.2, 0.25) is 0 Å². The molecule has 2 aromatic rings. The maximum absolute atomic E-state index is 14.2. The highest BCUT2D eigenvalue weighted by Crippen LogP contribution is 2.42. The Hall–Kier alpha value is -3.97. The highest BCUT2D eigenvalue weighted by atomic mass is 35.5. The number of hydrogen-bond donors (Lipinski definition) is 6. The number of ketones is 1. The molecule has 2 aromatic carbocycles. The average molecular weight is 1440 g/mol. The number of methoxy groups -OCH3 is 1. The number of unbranched alkanes of at least 4 members (excludes halogenated alkanes) is 9. The van der Waals surface area contributed by atoms with Crippen LogP contribution in [0.15, 0.2) is 54.6 Å². The van der Waals surface area contributed by atoms with Crippen LogP contribution in [0.25, 0.3) is 0 Å². The summed E-state index contributed by atoms with van der Waals surface area (Å²) in [6.07, 6.45) is -1.71. The molecule has 19 unspecified atom stereocenters. The zero-order chi connectivity index (χ0) is 73.2. The first-order chi connectivity index (χ1) is 45.3. The van der Waals surface area contributed by atoms with E-state index in [2.05, 4.69) is 16.4 Å². The molecule has 27 heteroatoms. The maximum Gasteiger partial charge on any atom is 0.416 e. The molecule has 19 atom stereocenters. The molecule has 22 nitrogen and oxygen atoms in total. The van der Waals surface area contributed by atoms with Gasteiger partial charge in [-0.2, -0.15) is 21.6 Å². The van der Waals surface area contributed by atoms with Crippen LogP contribution in [0.5, 0.6) is 0 Å². The third-order valence-electron chi connectivity index (χ3n) is 18.7. The standard InChI is InChI=1S/C40H71NO14.C19H20F3NO2.C12H26O4S.ClH/c1-15-27-40(11,48)33(44)22(5)30(43)20(3)18-38(9,47)35(55-37-32(53-28(42)16-2)26(41(12)13)17-21(4)50-37)23(6)31(24(7)36(46)52-27)54-29-19-39(10,49-14)34(45)25(8)51-29;1-14(12-15-6-5-9-17(13-15)19(20,21)22)23-10-11-25-18(24)16-7-3-2-4-8-16;1-2-3-4-5-6-7-8-9-10-11-12-16-17(13,14)15;/h20-27,29,31-35,37,44-45,47-48H,15-19H2,1-14H3;2-9,13-14,23H,10-12H2,1H3;2-12H2,1H3,(H,13,14,15);1H. The monoisotopic (exact) mass is 1440 g/mol. The van der Waals surface area contributed by atoms with E-state index in [1.165, 1.54) is 78.9 Å². The number of nitrogens with one attached hydrogen (secondary N) is 1. The lowest BCUT2D eigenvalue weighted by Crippen LogP contribution is -2.61. The Bertz CT molecular complexity index is 2770. The van der Waals surface area contributed by atoms with Gasteiger partial charge >= 0.3 is 34.5 Å². The summed E-state index contributed by atoms with van der Waals surface area (Å²) in [7, 11) is 0.973. The van der Waals surface area contributed by atoms with Crippen LogP contribution >= 0.6 is 12.4 Å². The van der Waals surface area contributed by atoms with Crippen LogP contribution in [0, 0.1) is 23.7 Å². The zero-order valence-corrected chi connectivity index (χ0v) is 62.3. The summed E-state index contributed by atoms with van der Waals surface area (Å²) in [4.78, 5) is 54.6. The van der Waals surface area contributed by atoms with Crippen molar-refractivity contribution in [1.82, 2.24) is 10.2 Å². The van der Waals surface area contributed by atoms with Crippen LogP contribution in [-0.2, 0) is 79.5 Å². The number of likely N-dealkylation sites (N-methyl/N-ethyl adjacent to an activating group) is 1. The molecule has 5 rings (SSSR count). The van der Waals surface area contributed by atoms with Gasteiger partial charge in [-0.3, -0.25) is 18.9 Å². The van der Waals surface area contributed by atoms with Gasteiger partial charge in [-0.25, -0.2) is 8.98 Å². The third-order valence-corrected chi connectivity index (χ3v) is 19.2. The van der Waals surface area contributed by atoms with Crippen molar-refractivity contribution in [3.05, 3.63) is 71.3 Å². The van der Waals surface area contributed by atoms with Crippen LogP contribution in [0.1, 0.15) is 208 Å². The van der Waals surface area contributed by atoms with Gasteiger partial charge in [0.15, 0.2) is 18.7 Å². The Morgan fingerprint density at radius 1 is 0.796 bits per heavy atom. The highest BCUT2D eigenvalue weighted by Gasteiger charge is 2.54. The Morgan fingerprint density at radius 3 is 1.95 bits per heavy atom. The summed E-state index contributed by atoms with van der Waals surface area (Å²) in [6.45, 7) is 22.8. The number of benzene rings is 2. The SMILES string of the molecule is CC(Cc1cccc(C(F)(F)F)c1)NCCOC(=O)c1ccccc1.CCC(=O)OC1C(OC2C(C)C(OC3CC(C)(OC)C(O)C(C)O3)C(C)C(=O)OC(CC)C(C)(O)C(O)C(C)C(=O)C(C)CC2(C)O)OC(C)CC1N(C)C.CCCCCCCCCCCCOS(=O)(=O)O.Cl. The number of carbonyl (C=O) groups is 4. The van der Waals surface area contributed by atoms with Gasteiger partial charge in [0.05, 0.1) is 71.4 Å². The van der Waals surface area contributed by atoms with Crippen LogP contribution < -0.4 is 5.32 Å². The number of carbonyl (C=O) groups excluding carboxylic acids is 4. The molecule has 0 saturated carbocycles. The number of alkyl halides is 3. The molecule has 566 valence electrons. The summed E-state index contributed by atoms with van der Waals surface area (Å²) in [6, 6.07) is 13.6. The van der Waals surface area contributed by atoms with Gasteiger partial charge in [-0.05, 0) is 118 Å². The van der Waals surface area contributed by atoms with E-state index >= 15 is 0 Å². The van der Waals surface area contributed by atoms with Crippen molar-refractivity contribution >= 4 is 46.5 Å². The second kappa shape index (κ2) is 42.6. The topological polar surface area (TPSA) is 302 Å². The molecule has 0 spiro atoms. The van der Waals surface area contributed by atoms with Crippen molar-refractivity contribution in [3.63, 3.8) is 0 Å². The van der Waals surface area contributed by atoms with E-state index in [1.807, 2.05) is 38.9 Å². The van der Waals surface area contributed by atoms with E-state index in [4.69, 9.17) is 42.4 Å². The summed E-state index contributed by atoms with van der Waals surface area (Å²) < 4.78 is 120. The van der Waals surface area contributed by atoms with Crippen molar-refractivity contribution in [2.45, 2.75) is 289 Å². The first kappa shape index (κ1) is 90.1. The van der Waals surface area contributed by atoms with E-state index in [-0.39, 0.29) is 69.5 Å². The van der Waals surface area contributed by atoms with E-state index < -0.39 is 142 Å². The maximum atomic E-state index is 14.2. The highest BCUT2D eigenvalue weighted by molar-refractivity contribution is 7.80. The quantitative estimate of drug-likeness (QED) is 0.0200. The summed E-state index contributed by atoms with van der Waals surface area (Å²) in [5.41, 5.74) is -4.47. The summed E-state index contributed by atoms with van der Waals surface area (Å²) in [5.74, 6) is -5.98. The molecule has 3 saturated heterocycles. The second-order valence-corrected chi connectivity index (χ2v) is 28.6. The fourth-order valence-electron chi connectivity index (χ4n) is 12.9. The van der Waals surface area contributed by atoms with Crippen LogP contribution in [0.2, 0.25) is 0 Å². The molecule has 3 fully saturated rings. The first-order valence-corrected chi connectivity index (χ1v) is 36.0. The van der Waals surface area contributed by atoms with Gasteiger partial charge in [-0.1, -0.05) is 136 Å².